The number of benzene rings is 1. The van der Waals surface area contributed by atoms with Gasteiger partial charge in [-0.1, -0.05) is 0 Å². The van der Waals surface area contributed by atoms with Crippen molar-refractivity contribution in [3.05, 3.63) is 29.6 Å². The molecule has 1 atom stereocenters. The molecule has 74 valence electrons. The van der Waals surface area contributed by atoms with E-state index in [0.29, 0.717) is 6.54 Å². The van der Waals surface area contributed by atoms with Crippen LogP contribution in [0, 0.1) is 0 Å². The van der Waals surface area contributed by atoms with E-state index in [4.69, 9.17) is 5.11 Å². The quantitative estimate of drug-likeness (QED) is 0.811. The molecule has 2 rings (SSSR count). The molecule has 0 fully saturated rings. The summed E-state index contributed by atoms with van der Waals surface area (Å²) >= 11 is 1.74. The molecule has 0 aliphatic heterocycles. The van der Waals surface area contributed by atoms with Gasteiger partial charge in [0.2, 0.25) is 0 Å². The molecule has 0 aliphatic rings. The van der Waals surface area contributed by atoms with Crippen LogP contribution in [0.3, 0.4) is 0 Å². The third kappa shape index (κ3) is 2.05. The predicted molar refractivity (Wildman–Crippen MR) is 62.0 cm³/mol. The first-order valence-electron chi connectivity index (χ1n) is 4.65. The molecule has 0 saturated carbocycles. The Bertz CT molecular complexity index is 422. The lowest BCUT2D eigenvalue weighted by atomic mass is 10.2. The maximum atomic E-state index is 9.13. The van der Waals surface area contributed by atoms with Gasteiger partial charge in [0, 0.05) is 16.9 Å². The van der Waals surface area contributed by atoms with Crippen LogP contribution in [0.15, 0.2) is 29.6 Å². The molecule has 2 aromatic rings. The highest BCUT2D eigenvalue weighted by Crippen LogP contribution is 2.23. The minimum absolute atomic E-state index is 0.312. The molecule has 2 N–H and O–H groups in total. The van der Waals surface area contributed by atoms with Crippen molar-refractivity contribution < 1.29 is 5.11 Å². The molecule has 0 spiro atoms. The molecule has 0 radical (unpaired) electrons. The second-order valence-corrected chi connectivity index (χ2v) is 4.35. The molecule has 0 bridgehead atoms. The number of hydrogen-bond acceptors (Lipinski definition) is 3. The van der Waals surface area contributed by atoms with E-state index < -0.39 is 0 Å². The van der Waals surface area contributed by atoms with Gasteiger partial charge in [0.25, 0.3) is 0 Å². The van der Waals surface area contributed by atoms with Crippen LogP contribution in [0.4, 0.5) is 5.69 Å². The van der Waals surface area contributed by atoms with Crippen LogP contribution in [0.5, 0.6) is 0 Å². The predicted octanol–water partition coefficient (Wildman–Crippen LogP) is 2.69. The fraction of sp³-hybridized carbons (Fsp3) is 0.273. The van der Waals surface area contributed by atoms with Gasteiger partial charge in [0.05, 0.1) is 6.10 Å². The van der Waals surface area contributed by atoms with Crippen molar-refractivity contribution in [1.29, 1.82) is 0 Å². The Morgan fingerprint density at radius 2 is 2.29 bits per heavy atom. The van der Waals surface area contributed by atoms with Crippen molar-refractivity contribution in [2.75, 3.05) is 11.9 Å². The third-order valence-corrected chi connectivity index (χ3v) is 2.95. The zero-order valence-electron chi connectivity index (χ0n) is 8.03. The summed E-state index contributed by atoms with van der Waals surface area (Å²) in [6.45, 7) is 2.37. The first-order valence-corrected chi connectivity index (χ1v) is 5.53. The highest BCUT2D eigenvalue weighted by molar-refractivity contribution is 7.17. The van der Waals surface area contributed by atoms with Gasteiger partial charge in [-0.2, -0.15) is 0 Å². The Labute approximate surface area is 87.2 Å². The number of aliphatic hydroxyl groups is 1. The number of rotatable bonds is 3. The van der Waals surface area contributed by atoms with Crippen LogP contribution in [-0.2, 0) is 0 Å². The molecule has 14 heavy (non-hydrogen) atoms. The monoisotopic (exact) mass is 207 g/mol. The molecular formula is C11H13NOS. The van der Waals surface area contributed by atoms with Gasteiger partial charge in [0.15, 0.2) is 0 Å². The summed E-state index contributed by atoms with van der Waals surface area (Å²) in [5, 5.41) is 15.6. The van der Waals surface area contributed by atoms with Crippen LogP contribution in [-0.4, -0.2) is 17.8 Å². The van der Waals surface area contributed by atoms with Gasteiger partial charge in [-0.15, -0.1) is 11.3 Å². The van der Waals surface area contributed by atoms with Crippen LogP contribution in [0.1, 0.15) is 6.92 Å². The Morgan fingerprint density at radius 1 is 1.43 bits per heavy atom. The van der Waals surface area contributed by atoms with E-state index in [2.05, 4.69) is 28.9 Å². The molecule has 1 aromatic carbocycles. The number of anilines is 1. The Hall–Kier alpha value is -1.06. The van der Waals surface area contributed by atoms with Crippen LogP contribution < -0.4 is 5.32 Å². The van der Waals surface area contributed by atoms with Crippen molar-refractivity contribution in [2.45, 2.75) is 13.0 Å². The summed E-state index contributed by atoms with van der Waals surface area (Å²) in [7, 11) is 0. The fourth-order valence-electron chi connectivity index (χ4n) is 1.34. The lowest BCUT2D eigenvalue weighted by Gasteiger charge is -2.07. The highest BCUT2D eigenvalue weighted by atomic mass is 32.1. The summed E-state index contributed by atoms with van der Waals surface area (Å²) in [4.78, 5) is 0. The largest absolute Gasteiger partial charge is 0.392 e. The average Bonchev–Trinajstić information content (AvgIpc) is 2.61. The van der Waals surface area contributed by atoms with Gasteiger partial charge < -0.3 is 10.4 Å². The number of hydrogen-bond donors (Lipinski definition) is 2. The Kier molecular flexibility index (Phi) is 2.70. The van der Waals surface area contributed by atoms with Gasteiger partial charge in [-0.3, -0.25) is 0 Å². The molecule has 1 aromatic heterocycles. The lowest BCUT2D eigenvalue weighted by Crippen LogP contribution is -2.15. The van der Waals surface area contributed by atoms with Crippen LogP contribution in [0.2, 0.25) is 0 Å². The normalized spacial score (nSPS) is 13.0. The molecule has 2 nitrogen and oxygen atoms in total. The SMILES string of the molecule is CC(O)CNc1ccc2sccc2c1. The second kappa shape index (κ2) is 3.98. The van der Waals surface area contributed by atoms with E-state index in [9.17, 15) is 0 Å². The van der Waals surface area contributed by atoms with Crippen molar-refractivity contribution in [3.63, 3.8) is 0 Å². The number of nitrogens with one attached hydrogen (secondary N) is 1. The minimum Gasteiger partial charge on any atom is -0.392 e. The number of aliphatic hydroxyl groups excluding tert-OH is 1. The standard InChI is InChI=1S/C11H13NOS/c1-8(13)7-12-10-2-3-11-9(6-10)4-5-14-11/h2-6,8,12-13H,7H2,1H3. The molecular weight excluding hydrogens is 194 g/mol. The summed E-state index contributed by atoms with van der Waals surface area (Å²) in [6.07, 6.45) is -0.312. The van der Waals surface area contributed by atoms with E-state index >= 15 is 0 Å². The first kappa shape index (κ1) is 9.49. The van der Waals surface area contributed by atoms with Crippen molar-refractivity contribution >= 4 is 27.1 Å². The zero-order valence-corrected chi connectivity index (χ0v) is 8.84. The van der Waals surface area contributed by atoms with Crippen molar-refractivity contribution in [3.8, 4) is 0 Å². The average molecular weight is 207 g/mol. The lowest BCUT2D eigenvalue weighted by molar-refractivity contribution is 0.208. The highest BCUT2D eigenvalue weighted by Gasteiger charge is 1.98. The van der Waals surface area contributed by atoms with E-state index in [1.54, 1.807) is 18.3 Å². The van der Waals surface area contributed by atoms with Gasteiger partial charge in [-0.25, -0.2) is 0 Å². The van der Waals surface area contributed by atoms with Crippen LogP contribution >= 0.6 is 11.3 Å². The summed E-state index contributed by atoms with van der Waals surface area (Å²) in [5.74, 6) is 0. The maximum absolute atomic E-state index is 9.13. The summed E-state index contributed by atoms with van der Waals surface area (Å²) in [6, 6.07) is 8.35. The van der Waals surface area contributed by atoms with E-state index in [1.165, 1.54) is 10.1 Å². The number of thiophene rings is 1. The van der Waals surface area contributed by atoms with Crippen LogP contribution in [0.25, 0.3) is 10.1 Å². The fourth-order valence-corrected chi connectivity index (χ4v) is 2.11. The molecule has 1 heterocycles. The van der Waals surface area contributed by atoms with E-state index in [0.717, 1.165) is 5.69 Å². The third-order valence-electron chi connectivity index (χ3n) is 2.05. The molecule has 3 heteroatoms. The Balaban J connectivity index is 2.17. The summed E-state index contributed by atoms with van der Waals surface area (Å²) < 4.78 is 1.30. The van der Waals surface area contributed by atoms with Crippen molar-refractivity contribution in [1.82, 2.24) is 0 Å². The van der Waals surface area contributed by atoms with Gasteiger partial charge in [0.1, 0.15) is 0 Å². The second-order valence-electron chi connectivity index (χ2n) is 3.40. The van der Waals surface area contributed by atoms with Crippen molar-refractivity contribution in [2.24, 2.45) is 0 Å². The zero-order chi connectivity index (χ0) is 9.97. The summed E-state index contributed by atoms with van der Waals surface area (Å²) in [5.41, 5.74) is 1.07. The Morgan fingerprint density at radius 3 is 3.07 bits per heavy atom. The minimum atomic E-state index is -0.312. The molecule has 0 saturated heterocycles. The van der Waals surface area contributed by atoms with Gasteiger partial charge >= 0.3 is 0 Å². The van der Waals surface area contributed by atoms with E-state index in [1.807, 2.05) is 6.07 Å². The maximum Gasteiger partial charge on any atom is 0.0684 e. The first-order chi connectivity index (χ1) is 6.75. The molecule has 0 amide bonds. The molecule has 1 unspecified atom stereocenters. The number of fused-ring (bicyclic) bond motifs is 1. The smallest absolute Gasteiger partial charge is 0.0684 e. The topological polar surface area (TPSA) is 32.3 Å². The molecule has 0 aliphatic carbocycles. The van der Waals surface area contributed by atoms with E-state index in [-0.39, 0.29) is 6.10 Å². The van der Waals surface area contributed by atoms with Gasteiger partial charge in [-0.05, 0) is 42.0 Å².